The molecule has 0 radical (unpaired) electrons. The van der Waals surface area contributed by atoms with Crippen molar-refractivity contribution < 1.29 is 9.53 Å². The number of cyclic esters (lactones) is 1. The molecule has 1 N–H and O–H groups in total. The van der Waals surface area contributed by atoms with E-state index in [9.17, 15) is 4.79 Å². The maximum atomic E-state index is 11.8. The fraction of sp³-hybridized carbons (Fsp3) is 0.364. The molecule has 4 heterocycles. The average molecular weight is 404 g/mol. The Bertz CT molecular complexity index is 1090. The second-order valence-corrected chi connectivity index (χ2v) is 7.93. The number of rotatable bonds is 4. The number of piperazine rings is 1. The molecule has 5 rings (SSSR count). The van der Waals surface area contributed by atoms with Crippen LogP contribution in [0.15, 0.2) is 36.9 Å². The molecule has 0 saturated carbocycles. The molecule has 1 aromatic carbocycles. The highest BCUT2D eigenvalue weighted by atomic mass is 16.5. The van der Waals surface area contributed by atoms with Crippen LogP contribution in [0.25, 0.3) is 5.82 Å². The SMILES string of the molecule is Cc1cnc(-n2cc(CN3CCN[C@H](c4ccc5c(c4C)COC5=O)C3)cn2)cn1. The average Bonchev–Trinajstić information content (AvgIpc) is 3.36. The number of nitrogens with zero attached hydrogens (tertiary/aromatic N) is 5. The Balaban J connectivity index is 1.30. The van der Waals surface area contributed by atoms with Crippen molar-refractivity contribution in [3.8, 4) is 5.82 Å². The van der Waals surface area contributed by atoms with Crippen molar-refractivity contribution in [1.29, 1.82) is 0 Å². The molecule has 2 aliphatic rings. The minimum absolute atomic E-state index is 0.215. The zero-order chi connectivity index (χ0) is 20.7. The second-order valence-electron chi connectivity index (χ2n) is 7.93. The van der Waals surface area contributed by atoms with E-state index in [1.807, 2.05) is 25.4 Å². The van der Waals surface area contributed by atoms with Crippen LogP contribution in [0.1, 0.15) is 44.3 Å². The smallest absolute Gasteiger partial charge is 0.338 e. The molecule has 1 fully saturated rings. The lowest BCUT2D eigenvalue weighted by atomic mass is 9.93. The second kappa shape index (κ2) is 7.62. The largest absolute Gasteiger partial charge is 0.457 e. The van der Waals surface area contributed by atoms with Gasteiger partial charge in [-0.15, -0.1) is 0 Å². The van der Waals surface area contributed by atoms with Crippen LogP contribution in [0.3, 0.4) is 0 Å². The van der Waals surface area contributed by atoms with E-state index < -0.39 is 0 Å². The normalized spacial score (nSPS) is 19.0. The number of nitrogens with one attached hydrogen (secondary N) is 1. The van der Waals surface area contributed by atoms with E-state index in [1.165, 1.54) is 5.56 Å². The summed E-state index contributed by atoms with van der Waals surface area (Å²) in [5, 5.41) is 8.07. The predicted octanol–water partition coefficient (Wildman–Crippen LogP) is 2.10. The Morgan fingerprint density at radius 1 is 1.20 bits per heavy atom. The minimum Gasteiger partial charge on any atom is -0.457 e. The standard InChI is InChI=1S/C22H24N6O2/c1-14-7-25-21(9-24-14)28-11-16(8-26-28)10-27-6-5-23-20(12-27)17-3-4-18-19(15(17)2)13-30-22(18)29/h3-4,7-9,11,20,23H,5-6,10,12-13H2,1-2H3/t20-/m0/s1. The maximum Gasteiger partial charge on any atom is 0.338 e. The summed E-state index contributed by atoms with van der Waals surface area (Å²) < 4.78 is 6.97. The predicted molar refractivity (Wildman–Crippen MR) is 110 cm³/mol. The molecule has 30 heavy (non-hydrogen) atoms. The van der Waals surface area contributed by atoms with Gasteiger partial charge in [0.05, 0.1) is 29.8 Å². The third kappa shape index (κ3) is 3.48. The van der Waals surface area contributed by atoms with Gasteiger partial charge < -0.3 is 10.1 Å². The summed E-state index contributed by atoms with van der Waals surface area (Å²) >= 11 is 0. The van der Waals surface area contributed by atoms with Gasteiger partial charge in [-0.05, 0) is 31.0 Å². The highest BCUT2D eigenvalue weighted by molar-refractivity contribution is 5.93. The highest BCUT2D eigenvalue weighted by Crippen LogP contribution is 2.30. The number of ether oxygens (including phenoxy) is 1. The summed E-state index contributed by atoms with van der Waals surface area (Å²) in [6.45, 7) is 7.98. The number of carbonyl (C=O) groups excluding carboxylic acids is 1. The monoisotopic (exact) mass is 404 g/mol. The molecule has 8 nitrogen and oxygen atoms in total. The fourth-order valence-corrected chi connectivity index (χ4v) is 4.24. The summed E-state index contributed by atoms with van der Waals surface area (Å²) in [4.78, 5) is 22.9. The molecule has 2 aromatic heterocycles. The Kier molecular flexibility index (Phi) is 4.80. The van der Waals surface area contributed by atoms with Crippen LogP contribution in [0.2, 0.25) is 0 Å². The van der Waals surface area contributed by atoms with Crippen molar-refractivity contribution >= 4 is 5.97 Å². The van der Waals surface area contributed by atoms with Gasteiger partial charge in [-0.25, -0.2) is 14.5 Å². The molecule has 0 spiro atoms. The van der Waals surface area contributed by atoms with Gasteiger partial charge in [0, 0.05) is 49.5 Å². The quantitative estimate of drug-likeness (QED) is 0.667. The van der Waals surface area contributed by atoms with Crippen molar-refractivity contribution in [2.45, 2.75) is 33.0 Å². The van der Waals surface area contributed by atoms with Gasteiger partial charge in [0.1, 0.15) is 6.61 Å². The summed E-state index contributed by atoms with van der Waals surface area (Å²) in [7, 11) is 0. The minimum atomic E-state index is -0.215. The third-order valence-corrected chi connectivity index (χ3v) is 5.89. The first-order valence-electron chi connectivity index (χ1n) is 10.2. The number of carbonyl (C=O) groups is 1. The van der Waals surface area contributed by atoms with Crippen molar-refractivity contribution in [3.05, 3.63) is 70.4 Å². The molecule has 0 aliphatic carbocycles. The van der Waals surface area contributed by atoms with Gasteiger partial charge >= 0.3 is 5.97 Å². The lowest BCUT2D eigenvalue weighted by Crippen LogP contribution is -2.45. The lowest BCUT2D eigenvalue weighted by Gasteiger charge is -2.34. The number of hydrogen-bond donors (Lipinski definition) is 1. The summed E-state index contributed by atoms with van der Waals surface area (Å²) in [5.41, 5.74) is 6.15. The molecule has 0 amide bonds. The Morgan fingerprint density at radius 2 is 2.10 bits per heavy atom. The molecular weight excluding hydrogens is 380 g/mol. The summed E-state index contributed by atoms with van der Waals surface area (Å²) in [6, 6.07) is 4.19. The molecule has 2 aliphatic heterocycles. The van der Waals surface area contributed by atoms with Crippen LogP contribution >= 0.6 is 0 Å². The van der Waals surface area contributed by atoms with Gasteiger partial charge in [-0.1, -0.05) is 6.07 Å². The van der Waals surface area contributed by atoms with Gasteiger partial charge in [0.2, 0.25) is 0 Å². The van der Waals surface area contributed by atoms with Crippen molar-refractivity contribution in [2.75, 3.05) is 19.6 Å². The first kappa shape index (κ1) is 18.9. The van der Waals surface area contributed by atoms with Gasteiger partial charge in [0.15, 0.2) is 5.82 Å². The Labute approximate surface area is 174 Å². The van der Waals surface area contributed by atoms with Crippen molar-refractivity contribution in [3.63, 3.8) is 0 Å². The van der Waals surface area contributed by atoms with Crippen LogP contribution in [0.5, 0.6) is 0 Å². The van der Waals surface area contributed by atoms with Crippen LogP contribution in [0.4, 0.5) is 0 Å². The number of aromatic nitrogens is 4. The molecule has 1 saturated heterocycles. The number of esters is 1. The first-order valence-corrected chi connectivity index (χ1v) is 10.2. The van der Waals surface area contributed by atoms with Crippen molar-refractivity contribution in [1.82, 2.24) is 30.0 Å². The van der Waals surface area contributed by atoms with Gasteiger partial charge in [0.25, 0.3) is 0 Å². The van der Waals surface area contributed by atoms with E-state index in [4.69, 9.17) is 4.74 Å². The number of aryl methyl sites for hydroxylation is 1. The van der Waals surface area contributed by atoms with Crippen LogP contribution in [-0.4, -0.2) is 50.3 Å². The lowest BCUT2D eigenvalue weighted by molar-refractivity contribution is 0.0535. The van der Waals surface area contributed by atoms with E-state index >= 15 is 0 Å². The number of hydrogen-bond acceptors (Lipinski definition) is 7. The maximum absolute atomic E-state index is 11.8. The summed E-state index contributed by atoms with van der Waals surface area (Å²) in [5.74, 6) is 0.503. The fourth-order valence-electron chi connectivity index (χ4n) is 4.24. The number of fused-ring (bicyclic) bond motifs is 1. The molecule has 3 aromatic rings. The third-order valence-electron chi connectivity index (χ3n) is 5.89. The Hall–Kier alpha value is -3.10. The van der Waals surface area contributed by atoms with E-state index in [1.54, 1.807) is 17.1 Å². The van der Waals surface area contributed by atoms with Crippen LogP contribution in [0, 0.1) is 13.8 Å². The van der Waals surface area contributed by atoms with Crippen LogP contribution < -0.4 is 5.32 Å². The molecule has 0 unspecified atom stereocenters. The molecule has 0 bridgehead atoms. The van der Waals surface area contributed by atoms with E-state index in [0.717, 1.165) is 54.4 Å². The molecule has 154 valence electrons. The van der Waals surface area contributed by atoms with E-state index in [-0.39, 0.29) is 12.0 Å². The topological polar surface area (TPSA) is 85.2 Å². The zero-order valence-corrected chi connectivity index (χ0v) is 17.1. The molecular formula is C22H24N6O2. The Morgan fingerprint density at radius 3 is 2.93 bits per heavy atom. The molecule has 1 atom stereocenters. The highest BCUT2D eigenvalue weighted by Gasteiger charge is 2.28. The zero-order valence-electron chi connectivity index (χ0n) is 17.1. The van der Waals surface area contributed by atoms with Crippen LogP contribution in [-0.2, 0) is 17.9 Å². The summed E-state index contributed by atoms with van der Waals surface area (Å²) in [6.07, 6.45) is 7.38. The number of benzene rings is 1. The first-order chi connectivity index (χ1) is 14.6. The van der Waals surface area contributed by atoms with E-state index in [0.29, 0.717) is 12.2 Å². The van der Waals surface area contributed by atoms with E-state index in [2.05, 4.69) is 38.3 Å². The van der Waals surface area contributed by atoms with Gasteiger partial charge in [-0.2, -0.15) is 5.10 Å². The van der Waals surface area contributed by atoms with Gasteiger partial charge in [-0.3, -0.25) is 9.88 Å². The molecule has 8 heteroatoms. The van der Waals surface area contributed by atoms with Crippen molar-refractivity contribution in [2.24, 2.45) is 0 Å².